The minimum absolute atomic E-state index is 0. The van der Waals surface area contributed by atoms with E-state index in [1.54, 1.807) is 0 Å². The Morgan fingerprint density at radius 2 is 1.25 bits per heavy atom. The molecular formula is C10H14NY-. The summed E-state index contributed by atoms with van der Waals surface area (Å²) in [5.74, 6) is 0. The van der Waals surface area contributed by atoms with Crippen LogP contribution >= 0.6 is 0 Å². The number of hydrogen-bond donors (Lipinski definition) is 1. The van der Waals surface area contributed by atoms with E-state index >= 15 is 0 Å². The zero-order valence-electron chi connectivity index (χ0n) is 8.15. The SMILES string of the molecule is Cc1[c-]c(C)c(C)c(N)c1C.[Y]. The van der Waals surface area contributed by atoms with Gasteiger partial charge >= 0.3 is 0 Å². The molecule has 1 radical (unpaired) electrons. The Hall–Kier alpha value is 0.124. The van der Waals surface area contributed by atoms with Gasteiger partial charge in [0.1, 0.15) is 0 Å². The Labute approximate surface area is 99.6 Å². The van der Waals surface area contributed by atoms with Gasteiger partial charge in [0, 0.05) is 32.7 Å². The first kappa shape index (κ1) is 12.1. The van der Waals surface area contributed by atoms with Crippen molar-refractivity contribution in [2.24, 2.45) is 0 Å². The van der Waals surface area contributed by atoms with Gasteiger partial charge in [-0.3, -0.25) is 0 Å². The summed E-state index contributed by atoms with van der Waals surface area (Å²) in [6.45, 7) is 8.15. The number of nitrogen functional groups attached to an aromatic ring is 1. The fraction of sp³-hybridized carbons (Fsp3) is 0.400. The second-order valence-electron chi connectivity index (χ2n) is 3.04. The van der Waals surface area contributed by atoms with Gasteiger partial charge in [-0.2, -0.15) is 17.2 Å². The summed E-state index contributed by atoms with van der Waals surface area (Å²) in [4.78, 5) is 0. The van der Waals surface area contributed by atoms with Crippen LogP contribution < -0.4 is 5.73 Å². The van der Waals surface area contributed by atoms with Gasteiger partial charge in [0.25, 0.3) is 0 Å². The molecule has 0 aliphatic heterocycles. The van der Waals surface area contributed by atoms with Crippen LogP contribution in [0.5, 0.6) is 0 Å². The van der Waals surface area contributed by atoms with Crippen molar-refractivity contribution in [3.05, 3.63) is 28.3 Å². The third-order valence-corrected chi connectivity index (χ3v) is 2.31. The summed E-state index contributed by atoms with van der Waals surface area (Å²) in [5.41, 5.74) is 11.4. The number of benzene rings is 1. The van der Waals surface area contributed by atoms with Crippen molar-refractivity contribution in [1.29, 1.82) is 0 Å². The van der Waals surface area contributed by atoms with Gasteiger partial charge in [-0.15, -0.1) is 11.1 Å². The van der Waals surface area contributed by atoms with Crippen molar-refractivity contribution in [3.63, 3.8) is 0 Å². The molecular weight excluding hydrogens is 223 g/mol. The van der Waals surface area contributed by atoms with Crippen LogP contribution in [0.4, 0.5) is 5.69 Å². The fourth-order valence-electron chi connectivity index (χ4n) is 1.15. The molecule has 0 bridgehead atoms. The van der Waals surface area contributed by atoms with Crippen molar-refractivity contribution >= 4 is 5.69 Å². The van der Waals surface area contributed by atoms with E-state index in [-0.39, 0.29) is 32.7 Å². The van der Waals surface area contributed by atoms with Crippen molar-refractivity contribution in [3.8, 4) is 0 Å². The maximum absolute atomic E-state index is 5.86. The molecule has 2 heteroatoms. The van der Waals surface area contributed by atoms with Crippen molar-refractivity contribution < 1.29 is 32.7 Å². The first-order chi connectivity index (χ1) is 5.04. The Bertz CT molecular complexity index is 266. The molecule has 0 unspecified atom stereocenters. The van der Waals surface area contributed by atoms with Gasteiger partial charge in [-0.25, -0.2) is 0 Å². The summed E-state index contributed by atoms with van der Waals surface area (Å²) >= 11 is 0. The second-order valence-corrected chi connectivity index (χ2v) is 3.04. The molecule has 2 N–H and O–H groups in total. The summed E-state index contributed by atoms with van der Waals surface area (Å²) in [5, 5.41) is 0. The van der Waals surface area contributed by atoms with Gasteiger partial charge in [0.15, 0.2) is 0 Å². The fourth-order valence-corrected chi connectivity index (χ4v) is 1.15. The van der Waals surface area contributed by atoms with Crippen LogP contribution in [0.3, 0.4) is 0 Å². The Kier molecular flexibility index (Phi) is 4.43. The van der Waals surface area contributed by atoms with E-state index in [2.05, 4.69) is 6.07 Å². The predicted molar refractivity (Wildman–Crippen MR) is 48.6 cm³/mol. The third kappa shape index (κ3) is 2.08. The van der Waals surface area contributed by atoms with Gasteiger partial charge in [-0.1, -0.05) is 33.4 Å². The summed E-state index contributed by atoms with van der Waals surface area (Å²) < 4.78 is 0. The minimum Gasteiger partial charge on any atom is -0.419 e. The monoisotopic (exact) mass is 237 g/mol. The minimum atomic E-state index is 0. The predicted octanol–water partition coefficient (Wildman–Crippen LogP) is 2.30. The van der Waals surface area contributed by atoms with Crippen LogP contribution in [0.1, 0.15) is 22.3 Å². The number of aryl methyl sites for hydroxylation is 2. The average molecular weight is 237 g/mol. The topological polar surface area (TPSA) is 26.0 Å². The quantitative estimate of drug-likeness (QED) is 0.543. The van der Waals surface area contributed by atoms with Crippen LogP contribution in [0.15, 0.2) is 0 Å². The van der Waals surface area contributed by atoms with E-state index in [4.69, 9.17) is 5.73 Å². The van der Waals surface area contributed by atoms with Crippen LogP contribution in [0.2, 0.25) is 0 Å². The molecule has 0 fully saturated rings. The Morgan fingerprint density at radius 3 is 1.58 bits per heavy atom. The molecule has 0 aliphatic carbocycles. The molecule has 0 heterocycles. The molecule has 1 aromatic rings. The number of rotatable bonds is 0. The largest absolute Gasteiger partial charge is 0.419 e. The maximum atomic E-state index is 5.86. The molecule has 0 aromatic heterocycles. The van der Waals surface area contributed by atoms with E-state index in [0.29, 0.717) is 0 Å². The Balaban J connectivity index is 0.00000121. The van der Waals surface area contributed by atoms with Gasteiger partial charge in [-0.05, 0) is 0 Å². The smallest absolute Gasteiger partial charge is 0 e. The molecule has 0 spiro atoms. The van der Waals surface area contributed by atoms with E-state index < -0.39 is 0 Å². The summed E-state index contributed by atoms with van der Waals surface area (Å²) in [7, 11) is 0. The van der Waals surface area contributed by atoms with E-state index in [0.717, 1.165) is 27.9 Å². The summed E-state index contributed by atoms with van der Waals surface area (Å²) in [6, 6.07) is 3.27. The molecule has 0 atom stereocenters. The van der Waals surface area contributed by atoms with E-state index in [1.807, 2.05) is 27.7 Å². The van der Waals surface area contributed by atoms with Gasteiger partial charge in [0.05, 0.1) is 0 Å². The maximum Gasteiger partial charge on any atom is 0 e. The normalized spacial score (nSPS) is 9.33. The molecule has 1 aromatic carbocycles. The molecule has 63 valence electrons. The average Bonchev–Trinajstić information content (AvgIpc) is 1.97. The van der Waals surface area contributed by atoms with Gasteiger partial charge in [0.2, 0.25) is 0 Å². The molecule has 0 amide bonds. The van der Waals surface area contributed by atoms with Crippen LogP contribution in [0.25, 0.3) is 0 Å². The zero-order chi connectivity index (χ0) is 8.59. The summed E-state index contributed by atoms with van der Waals surface area (Å²) in [6.07, 6.45) is 0. The number of nitrogens with two attached hydrogens (primary N) is 1. The van der Waals surface area contributed by atoms with Gasteiger partial charge < -0.3 is 5.73 Å². The molecule has 1 nitrogen and oxygen atoms in total. The molecule has 12 heavy (non-hydrogen) atoms. The van der Waals surface area contributed by atoms with Crippen LogP contribution in [-0.2, 0) is 32.7 Å². The molecule has 1 rings (SSSR count). The standard InChI is InChI=1S/C10H14N.Y/c1-6-5-7(2)9(4)10(11)8(6)3;/h11H2,1-4H3;/q-1;. The Morgan fingerprint density at radius 1 is 0.917 bits per heavy atom. The third-order valence-electron chi connectivity index (χ3n) is 2.31. The van der Waals surface area contributed by atoms with Crippen LogP contribution in [-0.4, -0.2) is 0 Å². The van der Waals surface area contributed by atoms with Crippen molar-refractivity contribution in [1.82, 2.24) is 0 Å². The first-order valence-corrected chi connectivity index (χ1v) is 3.79. The number of hydrogen-bond acceptors (Lipinski definition) is 1. The van der Waals surface area contributed by atoms with E-state index in [9.17, 15) is 0 Å². The zero-order valence-corrected chi connectivity index (χ0v) is 11.0. The van der Waals surface area contributed by atoms with Crippen LogP contribution in [0, 0.1) is 33.8 Å². The van der Waals surface area contributed by atoms with Crippen molar-refractivity contribution in [2.45, 2.75) is 27.7 Å². The first-order valence-electron chi connectivity index (χ1n) is 3.79. The second kappa shape index (κ2) is 4.39. The number of anilines is 1. The molecule has 0 aliphatic rings. The van der Waals surface area contributed by atoms with E-state index in [1.165, 1.54) is 0 Å². The molecule has 0 saturated carbocycles. The van der Waals surface area contributed by atoms with Crippen molar-refractivity contribution in [2.75, 3.05) is 5.73 Å². The molecule has 0 saturated heterocycles.